The second-order valence-electron chi connectivity index (χ2n) is 5.24. The van der Waals surface area contributed by atoms with Crippen molar-refractivity contribution in [3.63, 3.8) is 0 Å². The van der Waals surface area contributed by atoms with Crippen LogP contribution in [-0.4, -0.2) is 18.3 Å². The average molecular weight is 372 g/mol. The summed E-state index contributed by atoms with van der Waals surface area (Å²) in [5, 5.41) is 6.44. The first-order valence-corrected chi connectivity index (χ1v) is 8.58. The molecule has 0 atom stereocenters. The number of hydrazone groups is 1. The molecule has 0 unspecified atom stereocenters. The van der Waals surface area contributed by atoms with Gasteiger partial charge < -0.3 is 15.2 Å². The Kier molecular flexibility index (Phi) is 5.65. The molecule has 3 rings (SSSR count). The number of thiazole rings is 1. The number of nitrogens with zero attached hydrogens (tertiary/aromatic N) is 2. The van der Waals surface area contributed by atoms with Gasteiger partial charge in [-0.1, -0.05) is 18.2 Å². The lowest BCUT2D eigenvalue weighted by molar-refractivity contribution is 0.279. The second kappa shape index (κ2) is 8.30. The smallest absolute Gasteiger partial charge is 0.205 e. The number of nitrogens with two attached hydrogens (primary N) is 1. The van der Waals surface area contributed by atoms with Crippen molar-refractivity contribution in [3.8, 4) is 11.5 Å². The summed E-state index contributed by atoms with van der Waals surface area (Å²) in [6.07, 6.45) is 1.62. The highest BCUT2D eigenvalue weighted by Crippen LogP contribution is 2.28. The van der Waals surface area contributed by atoms with Gasteiger partial charge in [-0.3, -0.25) is 5.43 Å². The molecule has 0 fully saturated rings. The van der Waals surface area contributed by atoms with Crippen LogP contribution in [0.1, 0.15) is 11.1 Å². The Hall–Kier alpha value is -3.13. The Bertz CT molecular complexity index is 914. The minimum absolute atomic E-state index is 0.0975. The van der Waals surface area contributed by atoms with Gasteiger partial charge in [0.25, 0.3) is 0 Å². The number of anilines is 2. The third-order valence-electron chi connectivity index (χ3n) is 3.42. The summed E-state index contributed by atoms with van der Waals surface area (Å²) >= 11 is 1.36. The molecular weight excluding hydrogens is 355 g/mol. The minimum atomic E-state index is -0.309. The Morgan fingerprint density at radius 2 is 2.12 bits per heavy atom. The van der Waals surface area contributed by atoms with Crippen LogP contribution in [0.15, 0.2) is 52.9 Å². The van der Waals surface area contributed by atoms with Gasteiger partial charge in [0.15, 0.2) is 11.5 Å². The average Bonchev–Trinajstić information content (AvgIpc) is 3.06. The molecule has 1 aromatic heterocycles. The maximum atomic E-state index is 13.7. The SMILES string of the molecule is COc1ccc(C=NNc2nc(N)cs2)cc1OCc1ccccc1F. The van der Waals surface area contributed by atoms with Crippen LogP contribution in [0.2, 0.25) is 0 Å². The van der Waals surface area contributed by atoms with Gasteiger partial charge in [-0.2, -0.15) is 5.10 Å². The molecule has 0 spiro atoms. The molecule has 0 aliphatic heterocycles. The van der Waals surface area contributed by atoms with Crippen LogP contribution < -0.4 is 20.6 Å². The maximum absolute atomic E-state index is 13.7. The summed E-state index contributed by atoms with van der Waals surface area (Å²) in [5.74, 6) is 1.19. The molecule has 6 nitrogen and oxygen atoms in total. The van der Waals surface area contributed by atoms with Crippen molar-refractivity contribution in [1.82, 2.24) is 4.98 Å². The first-order chi connectivity index (χ1) is 12.7. The lowest BCUT2D eigenvalue weighted by atomic mass is 10.2. The quantitative estimate of drug-likeness (QED) is 0.486. The number of halogens is 1. The standard InChI is InChI=1S/C18H17FN4O2S/c1-24-15-7-6-12(9-21-23-18-22-17(20)11-26-18)8-16(15)25-10-13-4-2-3-5-14(13)19/h2-9,11H,10,20H2,1H3,(H,22,23). The van der Waals surface area contributed by atoms with Crippen LogP contribution in [0, 0.1) is 5.82 Å². The van der Waals surface area contributed by atoms with E-state index in [2.05, 4.69) is 15.5 Å². The predicted octanol–water partition coefficient (Wildman–Crippen LogP) is 3.90. The Labute approximate surface area is 154 Å². The highest BCUT2D eigenvalue weighted by Gasteiger charge is 2.08. The van der Waals surface area contributed by atoms with E-state index in [0.29, 0.717) is 28.0 Å². The normalized spacial score (nSPS) is 10.8. The third-order valence-corrected chi connectivity index (χ3v) is 4.19. The van der Waals surface area contributed by atoms with Gasteiger partial charge in [0.1, 0.15) is 18.2 Å². The van der Waals surface area contributed by atoms with Crippen LogP contribution in [0.4, 0.5) is 15.3 Å². The largest absolute Gasteiger partial charge is 0.493 e. The summed E-state index contributed by atoms with van der Waals surface area (Å²) in [5.41, 5.74) is 9.61. The van der Waals surface area contributed by atoms with Gasteiger partial charge in [-0.15, -0.1) is 11.3 Å². The summed E-state index contributed by atoms with van der Waals surface area (Å²) in [6.45, 7) is 0.0975. The molecule has 134 valence electrons. The fraction of sp³-hybridized carbons (Fsp3) is 0.111. The molecule has 8 heteroatoms. The number of nitrogens with one attached hydrogen (secondary N) is 1. The van der Waals surface area contributed by atoms with Gasteiger partial charge in [-0.05, 0) is 29.8 Å². The van der Waals surface area contributed by atoms with Crippen molar-refractivity contribution in [3.05, 3.63) is 64.8 Å². The number of hydrogen-bond donors (Lipinski definition) is 2. The van der Waals surface area contributed by atoms with Crippen molar-refractivity contribution in [2.45, 2.75) is 6.61 Å². The maximum Gasteiger partial charge on any atom is 0.205 e. The minimum Gasteiger partial charge on any atom is -0.493 e. The van der Waals surface area contributed by atoms with Crippen LogP contribution in [-0.2, 0) is 6.61 Å². The summed E-state index contributed by atoms with van der Waals surface area (Å²) in [4.78, 5) is 4.05. The number of nitrogen functional groups attached to an aromatic ring is 1. The topological polar surface area (TPSA) is 81.8 Å². The fourth-order valence-electron chi connectivity index (χ4n) is 2.16. The van der Waals surface area contributed by atoms with Gasteiger partial charge >= 0.3 is 0 Å². The Balaban J connectivity index is 1.70. The molecule has 0 saturated carbocycles. The van der Waals surface area contributed by atoms with Crippen molar-refractivity contribution in [2.24, 2.45) is 5.10 Å². The summed E-state index contributed by atoms with van der Waals surface area (Å²) in [6, 6.07) is 11.8. The molecule has 3 aromatic rings. The first-order valence-electron chi connectivity index (χ1n) is 7.70. The number of rotatable bonds is 7. The Morgan fingerprint density at radius 1 is 1.27 bits per heavy atom. The van der Waals surface area contributed by atoms with Gasteiger partial charge in [0.2, 0.25) is 5.13 Å². The first kappa shape index (κ1) is 17.7. The molecule has 3 N–H and O–H groups in total. The molecule has 0 amide bonds. The predicted molar refractivity (Wildman–Crippen MR) is 101 cm³/mol. The lowest BCUT2D eigenvalue weighted by Crippen LogP contribution is -2.00. The zero-order valence-electron chi connectivity index (χ0n) is 14.0. The molecule has 0 aliphatic carbocycles. The number of benzene rings is 2. The van der Waals surface area contributed by atoms with Crippen molar-refractivity contribution in [1.29, 1.82) is 0 Å². The van der Waals surface area contributed by atoms with E-state index in [0.717, 1.165) is 5.56 Å². The molecule has 0 saturated heterocycles. The fourth-order valence-corrected chi connectivity index (χ4v) is 2.71. The highest BCUT2D eigenvalue weighted by atomic mass is 32.1. The van der Waals surface area contributed by atoms with Crippen molar-refractivity contribution >= 4 is 28.5 Å². The molecule has 0 radical (unpaired) electrons. The second-order valence-corrected chi connectivity index (χ2v) is 6.10. The third kappa shape index (κ3) is 4.48. The molecule has 26 heavy (non-hydrogen) atoms. The van der Waals surface area contributed by atoms with E-state index in [1.54, 1.807) is 49.0 Å². The zero-order chi connectivity index (χ0) is 18.4. The highest BCUT2D eigenvalue weighted by molar-refractivity contribution is 7.14. The van der Waals surface area contributed by atoms with E-state index in [1.807, 2.05) is 6.07 Å². The van der Waals surface area contributed by atoms with E-state index in [9.17, 15) is 4.39 Å². The number of methoxy groups -OCH3 is 1. The monoisotopic (exact) mass is 372 g/mol. The number of hydrogen-bond acceptors (Lipinski definition) is 7. The van der Waals surface area contributed by atoms with Crippen LogP contribution in [0.25, 0.3) is 0 Å². The molecule has 0 bridgehead atoms. The van der Waals surface area contributed by atoms with E-state index in [4.69, 9.17) is 15.2 Å². The van der Waals surface area contributed by atoms with Crippen LogP contribution in [0.5, 0.6) is 11.5 Å². The van der Waals surface area contributed by atoms with Gasteiger partial charge in [0.05, 0.1) is 13.3 Å². The molecular formula is C18H17FN4O2S. The number of aromatic nitrogens is 1. The summed E-state index contributed by atoms with van der Waals surface area (Å²) < 4.78 is 24.8. The molecule has 0 aliphatic rings. The Morgan fingerprint density at radius 3 is 2.85 bits per heavy atom. The van der Waals surface area contributed by atoms with E-state index >= 15 is 0 Å². The van der Waals surface area contributed by atoms with E-state index < -0.39 is 0 Å². The molecule has 1 heterocycles. The van der Waals surface area contributed by atoms with Gasteiger partial charge in [-0.25, -0.2) is 9.37 Å². The van der Waals surface area contributed by atoms with E-state index in [-0.39, 0.29) is 12.4 Å². The van der Waals surface area contributed by atoms with Gasteiger partial charge in [0, 0.05) is 10.9 Å². The number of ether oxygens (including phenoxy) is 2. The van der Waals surface area contributed by atoms with Crippen molar-refractivity contribution < 1.29 is 13.9 Å². The van der Waals surface area contributed by atoms with E-state index in [1.165, 1.54) is 17.4 Å². The summed E-state index contributed by atoms with van der Waals surface area (Å²) in [7, 11) is 1.55. The molecule has 2 aromatic carbocycles. The zero-order valence-corrected chi connectivity index (χ0v) is 14.8. The lowest BCUT2D eigenvalue weighted by Gasteiger charge is -2.11. The van der Waals surface area contributed by atoms with Crippen LogP contribution >= 0.6 is 11.3 Å². The van der Waals surface area contributed by atoms with Crippen molar-refractivity contribution in [2.75, 3.05) is 18.3 Å². The van der Waals surface area contributed by atoms with Crippen LogP contribution in [0.3, 0.4) is 0 Å².